The van der Waals surface area contributed by atoms with E-state index in [4.69, 9.17) is 9.72 Å². The molecular weight excluding hydrogens is 338 g/mol. The summed E-state index contributed by atoms with van der Waals surface area (Å²) in [6.45, 7) is 3.54. The lowest BCUT2D eigenvalue weighted by Crippen LogP contribution is -2.29. The van der Waals surface area contributed by atoms with Crippen LogP contribution in [0, 0.1) is 0 Å². The number of carbonyl (C=O) groups is 1. The highest BCUT2D eigenvalue weighted by atomic mass is 16.5. The minimum Gasteiger partial charge on any atom is -0.484 e. The lowest BCUT2D eigenvalue weighted by molar-refractivity contribution is -0.123. The third-order valence-corrected chi connectivity index (χ3v) is 4.53. The van der Waals surface area contributed by atoms with Crippen molar-refractivity contribution in [3.05, 3.63) is 60.4 Å². The van der Waals surface area contributed by atoms with E-state index in [1.807, 2.05) is 48.5 Å². The van der Waals surface area contributed by atoms with E-state index in [9.17, 15) is 4.79 Å². The van der Waals surface area contributed by atoms with Crippen LogP contribution in [0.4, 0.5) is 0 Å². The number of unbranched alkanes of at least 4 members (excludes halogenated alkanes) is 3. The van der Waals surface area contributed by atoms with Crippen molar-refractivity contribution in [2.75, 3.05) is 6.61 Å². The molecule has 1 heterocycles. The maximum absolute atomic E-state index is 12.1. The largest absolute Gasteiger partial charge is 0.484 e. The Morgan fingerprint density at radius 2 is 1.81 bits per heavy atom. The monoisotopic (exact) mass is 365 g/mol. The molecule has 0 radical (unpaired) electrons. The Morgan fingerprint density at radius 1 is 1.04 bits per heavy atom. The third-order valence-electron chi connectivity index (χ3n) is 4.53. The van der Waals surface area contributed by atoms with Crippen molar-refractivity contribution in [2.24, 2.45) is 0 Å². The van der Waals surface area contributed by atoms with E-state index in [1.165, 1.54) is 19.3 Å². The summed E-state index contributed by atoms with van der Waals surface area (Å²) in [5, 5.41) is 2.92. The Kier molecular flexibility index (Phi) is 6.85. The molecule has 1 N–H and O–H groups in total. The Morgan fingerprint density at radius 3 is 2.63 bits per heavy atom. The quantitative estimate of drug-likeness (QED) is 0.545. The number of rotatable bonds is 10. The van der Waals surface area contributed by atoms with Crippen LogP contribution >= 0.6 is 0 Å². The molecule has 0 fully saturated rings. The predicted molar refractivity (Wildman–Crippen MR) is 108 cm³/mol. The van der Waals surface area contributed by atoms with E-state index in [1.54, 1.807) is 0 Å². The van der Waals surface area contributed by atoms with Crippen LogP contribution < -0.4 is 10.1 Å². The number of para-hydroxylation sites is 3. The highest BCUT2D eigenvalue weighted by molar-refractivity contribution is 5.78. The molecule has 3 aromatic rings. The first-order valence-electron chi connectivity index (χ1n) is 9.66. The molecule has 1 amide bonds. The normalized spacial score (nSPS) is 10.9. The first-order valence-corrected chi connectivity index (χ1v) is 9.66. The van der Waals surface area contributed by atoms with Gasteiger partial charge in [-0.25, -0.2) is 4.98 Å². The summed E-state index contributed by atoms with van der Waals surface area (Å²) in [4.78, 5) is 16.9. The van der Waals surface area contributed by atoms with E-state index in [-0.39, 0.29) is 12.5 Å². The minimum absolute atomic E-state index is 0.000736. The summed E-state index contributed by atoms with van der Waals surface area (Å²) >= 11 is 0. The number of nitrogens with zero attached hydrogens (tertiary/aromatic N) is 2. The number of nitrogens with one attached hydrogen (secondary N) is 1. The molecule has 0 unspecified atom stereocenters. The number of aryl methyl sites for hydroxylation is 1. The predicted octanol–water partition coefficient (Wildman–Crippen LogP) is 4.31. The van der Waals surface area contributed by atoms with Crippen molar-refractivity contribution in [2.45, 2.75) is 45.7 Å². The number of amides is 1. The van der Waals surface area contributed by atoms with Gasteiger partial charge in [-0.15, -0.1) is 0 Å². The summed E-state index contributed by atoms with van der Waals surface area (Å²) in [7, 11) is 0. The van der Waals surface area contributed by atoms with Crippen LogP contribution in [0.5, 0.6) is 5.75 Å². The molecule has 27 heavy (non-hydrogen) atoms. The number of imidazole rings is 1. The van der Waals surface area contributed by atoms with Gasteiger partial charge in [-0.2, -0.15) is 0 Å². The van der Waals surface area contributed by atoms with Crippen LogP contribution in [0.3, 0.4) is 0 Å². The fraction of sp³-hybridized carbons (Fsp3) is 0.364. The average molecular weight is 365 g/mol. The Labute approximate surface area is 160 Å². The zero-order valence-corrected chi connectivity index (χ0v) is 15.9. The molecule has 1 aromatic heterocycles. The maximum atomic E-state index is 12.1. The molecule has 0 saturated carbocycles. The van der Waals surface area contributed by atoms with Crippen LogP contribution in [-0.2, 0) is 17.9 Å². The molecule has 2 aromatic carbocycles. The van der Waals surface area contributed by atoms with E-state index in [2.05, 4.69) is 22.9 Å². The van der Waals surface area contributed by atoms with E-state index >= 15 is 0 Å². The Bertz CT molecular complexity index is 858. The second-order valence-corrected chi connectivity index (χ2v) is 6.61. The van der Waals surface area contributed by atoms with Crippen molar-refractivity contribution < 1.29 is 9.53 Å². The highest BCUT2D eigenvalue weighted by Gasteiger charge is 2.11. The second-order valence-electron chi connectivity index (χ2n) is 6.61. The summed E-state index contributed by atoms with van der Waals surface area (Å²) in [5.41, 5.74) is 2.09. The first-order chi connectivity index (χ1) is 13.3. The summed E-state index contributed by atoms with van der Waals surface area (Å²) in [6.07, 6.45) is 4.79. The van der Waals surface area contributed by atoms with Crippen LogP contribution in [0.15, 0.2) is 54.6 Å². The second kappa shape index (κ2) is 9.76. The van der Waals surface area contributed by atoms with E-state index < -0.39 is 0 Å². The number of ether oxygens (including phenoxy) is 1. The SMILES string of the molecule is CCCCCCn1c(CNC(=O)COc2ccccc2)nc2ccccc21. The summed E-state index contributed by atoms with van der Waals surface area (Å²) in [6, 6.07) is 17.5. The summed E-state index contributed by atoms with van der Waals surface area (Å²) < 4.78 is 7.72. The molecule has 0 bridgehead atoms. The molecule has 0 spiro atoms. The summed E-state index contributed by atoms with van der Waals surface area (Å²) in [5.74, 6) is 1.43. The van der Waals surface area contributed by atoms with Crippen LogP contribution in [-0.4, -0.2) is 22.1 Å². The highest BCUT2D eigenvalue weighted by Crippen LogP contribution is 2.17. The molecule has 0 aliphatic carbocycles. The van der Waals surface area contributed by atoms with Crippen molar-refractivity contribution in [1.29, 1.82) is 0 Å². The van der Waals surface area contributed by atoms with Gasteiger partial charge in [0.05, 0.1) is 17.6 Å². The van der Waals surface area contributed by atoms with E-state index in [0.29, 0.717) is 12.3 Å². The van der Waals surface area contributed by atoms with Crippen molar-refractivity contribution >= 4 is 16.9 Å². The van der Waals surface area contributed by atoms with Gasteiger partial charge in [0, 0.05) is 6.54 Å². The molecular formula is C22H27N3O2. The van der Waals surface area contributed by atoms with Gasteiger partial charge < -0.3 is 14.6 Å². The van der Waals surface area contributed by atoms with Crippen molar-refractivity contribution in [3.8, 4) is 5.75 Å². The van der Waals surface area contributed by atoms with Gasteiger partial charge in [-0.1, -0.05) is 56.5 Å². The fourth-order valence-electron chi connectivity index (χ4n) is 3.10. The molecule has 142 valence electrons. The smallest absolute Gasteiger partial charge is 0.258 e. The van der Waals surface area contributed by atoms with E-state index in [0.717, 1.165) is 29.8 Å². The zero-order valence-electron chi connectivity index (χ0n) is 15.9. The third kappa shape index (κ3) is 5.33. The molecule has 3 rings (SSSR count). The van der Waals surface area contributed by atoms with Gasteiger partial charge in [-0.05, 0) is 30.7 Å². The lowest BCUT2D eigenvalue weighted by Gasteiger charge is -2.11. The topological polar surface area (TPSA) is 56.2 Å². The molecule has 0 aliphatic heterocycles. The van der Waals surface area contributed by atoms with Crippen molar-refractivity contribution in [3.63, 3.8) is 0 Å². The van der Waals surface area contributed by atoms with Gasteiger partial charge in [0.2, 0.25) is 0 Å². The average Bonchev–Trinajstić information content (AvgIpc) is 3.06. The standard InChI is InChI=1S/C22H27N3O2/c1-2-3-4-10-15-25-20-14-9-8-13-19(20)24-21(25)16-23-22(26)17-27-18-11-6-5-7-12-18/h5-9,11-14H,2-4,10,15-17H2,1H3,(H,23,26). The maximum Gasteiger partial charge on any atom is 0.258 e. The Hall–Kier alpha value is -2.82. The number of fused-ring (bicyclic) bond motifs is 1. The number of hydrogen-bond acceptors (Lipinski definition) is 3. The van der Waals surface area contributed by atoms with Gasteiger partial charge in [0.15, 0.2) is 6.61 Å². The van der Waals surface area contributed by atoms with Gasteiger partial charge >= 0.3 is 0 Å². The van der Waals surface area contributed by atoms with Gasteiger partial charge in [0.25, 0.3) is 5.91 Å². The zero-order chi connectivity index (χ0) is 18.9. The first kappa shape index (κ1) is 19.0. The van der Waals surface area contributed by atoms with Crippen LogP contribution in [0.2, 0.25) is 0 Å². The van der Waals surface area contributed by atoms with Gasteiger partial charge in [-0.3, -0.25) is 4.79 Å². The lowest BCUT2D eigenvalue weighted by atomic mass is 10.2. The number of benzene rings is 2. The van der Waals surface area contributed by atoms with Crippen LogP contribution in [0.1, 0.15) is 38.4 Å². The van der Waals surface area contributed by atoms with Gasteiger partial charge in [0.1, 0.15) is 11.6 Å². The molecule has 0 aliphatic rings. The Balaban J connectivity index is 1.60. The molecule has 0 saturated heterocycles. The number of hydrogen-bond donors (Lipinski definition) is 1. The van der Waals surface area contributed by atoms with Crippen LogP contribution in [0.25, 0.3) is 11.0 Å². The van der Waals surface area contributed by atoms with Crippen molar-refractivity contribution in [1.82, 2.24) is 14.9 Å². The minimum atomic E-state index is -0.150. The number of carbonyl (C=O) groups excluding carboxylic acids is 1. The number of aromatic nitrogens is 2. The molecule has 5 heteroatoms. The molecule has 0 atom stereocenters. The molecule has 5 nitrogen and oxygen atoms in total. The fourth-order valence-corrected chi connectivity index (χ4v) is 3.10.